The number of nitrogens with zero attached hydrogens (tertiary/aromatic N) is 1. The van der Waals surface area contributed by atoms with E-state index in [0.717, 1.165) is 21.8 Å². The van der Waals surface area contributed by atoms with Gasteiger partial charge in [-0.15, -0.1) is 11.3 Å². The Hall–Kier alpha value is -2.92. The quantitative estimate of drug-likeness (QED) is 0.538. The van der Waals surface area contributed by atoms with Gasteiger partial charge in [0.1, 0.15) is 5.58 Å². The van der Waals surface area contributed by atoms with E-state index in [1.807, 2.05) is 60.8 Å². The standard InChI is InChI=1S/C19H14N2O2S/c1-12-6-2-4-8-15(12)20-19-21-16(11-24-19)14-10-13-7-3-5-9-17(13)23-18(14)22/h2-11H,1H3,(H,20,21). The van der Waals surface area contributed by atoms with Gasteiger partial charge in [-0.3, -0.25) is 0 Å². The van der Waals surface area contributed by atoms with E-state index in [9.17, 15) is 4.79 Å². The molecule has 24 heavy (non-hydrogen) atoms. The molecule has 0 bridgehead atoms. The zero-order valence-electron chi connectivity index (χ0n) is 12.9. The Morgan fingerprint density at radius 3 is 2.75 bits per heavy atom. The van der Waals surface area contributed by atoms with Gasteiger partial charge in [-0.2, -0.15) is 0 Å². The highest BCUT2D eigenvalue weighted by molar-refractivity contribution is 7.14. The van der Waals surface area contributed by atoms with Crippen LogP contribution in [0.5, 0.6) is 0 Å². The van der Waals surface area contributed by atoms with E-state index in [1.165, 1.54) is 11.3 Å². The molecule has 0 unspecified atom stereocenters. The van der Waals surface area contributed by atoms with Crippen LogP contribution in [0.15, 0.2) is 69.2 Å². The molecule has 0 saturated carbocycles. The van der Waals surface area contributed by atoms with E-state index in [-0.39, 0.29) is 5.63 Å². The summed E-state index contributed by atoms with van der Waals surface area (Å²) in [6, 6.07) is 17.3. The maximum Gasteiger partial charge on any atom is 0.345 e. The van der Waals surface area contributed by atoms with Gasteiger partial charge >= 0.3 is 5.63 Å². The van der Waals surface area contributed by atoms with Crippen LogP contribution in [0.25, 0.3) is 22.2 Å². The number of aryl methyl sites for hydroxylation is 1. The van der Waals surface area contributed by atoms with Gasteiger partial charge < -0.3 is 9.73 Å². The van der Waals surface area contributed by atoms with Gasteiger partial charge in [0, 0.05) is 16.5 Å². The van der Waals surface area contributed by atoms with Gasteiger partial charge in [-0.25, -0.2) is 9.78 Å². The van der Waals surface area contributed by atoms with E-state index in [1.54, 1.807) is 6.07 Å². The fraction of sp³-hybridized carbons (Fsp3) is 0.0526. The largest absolute Gasteiger partial charge is 0.422 e. The third-order valence-corrected chi connectivity index (χ3v) is 4.57. The Bertz CT molecular complexity index is 1080. The van der Waals surface area contributed by atoms with Crippen molar-refractivity contribution < 1.29 is 4.42 Å². The van der Waals surface area contributed by atoms with Gasteiger partial charge in [0.25, 0.3) is 0 Å². The van der Waals surface area contributed by atoms with Crippen LogP contribution in [0, 0.1) is 6.92 Å². The Morgan fingerprint density at radius 2 is 1.88 bits per heavy atom. The summed E-state index contributed by atoms with van der Waals surface area (Å²) >= 11 is 1.46. The number of hydrogen-bond acceptors (Lipinski definition) is 5. The molecule has 4 aromatic rings. The molecule has 4 rings (SSSR count). The predicted octanol–water partition coefficient (Wildman–Crippen LogP) is 4.97. The molecule has 2 aromatic heterocycles. The zero-order chi connectivity index (χ0) is 16.5. The van der Waals surface area contributed by atoms with Gasteiger partial charge in [-0.05, 0) is 30.7 Å². The van der Waals surface area contributed by atoms with Gasteiger partial charge in [0.2, 0.25) is 0 Å². The molecule has 2 aromatic carbocycles. The van der Waals surface area contributed by atoms with Crippen molar-refractivity contribution in [3.8, 4) is 11.3 Å². The molecule has 0 amide bonds. The fourth-order valence-corrected chi connectivity index (χ4v) is 3.25. The van der Waals surface area contributed by atoms with Crippen LogP contribution in [-0.4, -0.2) is 4.98 Å². The molecule has 0 fully saturated rings. The number of nitrogens with one attached hydrogen (secondary N) is 1. The topological polar surface area (TPSA) is 55.1 Å². The highest BCUT2D eigenvalue weighted by Crippen LogP contribution is 2.28. The number of para-hydroxylation sites is 2. The lowest BCUT2D eigenvalue weighted by Crippen LogP contribution is -2.03. The summed E-state index contributed by atoms with van der Waals surface area (Å²) in [6.45, 7) is 2.04. The van der Waals surface area contributed by atoms with Crippen molar-refractivity contribution in [2.75, 3.05) is 5.32 Å². The highest BCUT2D eigenvalue weighted by Gasteiger charge is 2.12. The zero-order valence-corrected chi connectivity index (χ0v) is 13.8. The number of thiazole rings is 1. The Kier molecular flexibility index (Phi) is 3.63. The summed E-state index contributed by atoms with van der Waals surface area (Å²) in [6.07, 6.45) is 0. The molecule has 118 valence electrons. The number of anilines is 2. The molecule has 0 aliphatic heterocycles. The third kappa shape index (κ3) is 2.70. The van der Waals surface area contributed by atoms with E-state index >= 15 is 0 Å². The maximum absolute atomic E-state index is 12.2. The average Bonchev–Trinajstić information content (AvgIpc) is 3.04. The first-order valence-corrected chi connectivity index (χ1v) is 8.40. The van der Waals surface area contributed by atoms with Crippen LogP contribution < -0.4 is 10.9 Å². The smallest absolute Gasteiger partial charge is 0.345 e. The number of hydrogen-bond donors (Lipinski definition) is 1. The van der Waals surface area contributed by atoms with Crippen LogP contribution in [0.4, 0.5) is 10.8 Å². The minimum atomic E-state index is -0.374. The number of fused-ring (bicyclic) bond motifs is 1. The molecule has 0 aliphatic carbocycles. The number of benzene rings is 2. The maximum atomic E-state index is 12.2. The van der Waals surface area contributed by atoms with Crippen LogP contribution in [0.1, 0.15) is 5.56 Å². The van der Waals surface area contributed by atoms with Gasteiger partial charge in [-0.1, -0.05) is 36.4 Å². The summed E-state index contributed by atoms with van der Waals surface area (Å²) < 4.78 is 5.38. The summed E-state index contributed by atoms with van der Waals surface area (Å²) in [4.78, 5) is 16.8. The number of rotatable bonds is 3. The van der Waals surface area contributed by atoms with Crippen molar-refractivity contribution in [3.63, 3.8) is 0 Å². The molecule has 0 aliphatic rings. The van der Waals surface area contributed by atoms with Crippen molar-refractivity contribution in [1.29, 1.82) is 0 Å². The van der Waals surface area contributed by atoms with Crippen molar-refractivity contribution in [3.05, 3.63) is 76.0 Å². The lowest BCUT2D eigenvalue weighted by atomic mass is 10.1. The summed E-state index contributed by atoms with van der Waals surface area (Å²) in [5, 5.41) is 6.78. The molecule has 0 radical (unpaired) electrons. The molecule has 0 saturated heterocycles. The lowest BCUT2D eigenvalue weighted by molar-refractivity contribution is 0.563. The fourth-order valence-electron chi connectivity index (χ4n) is 2.52. The molecule has 4 nitrogen and oxygen atoms in total. The van der Waals surface area contributed by atoms with Crippen molar-refractivity contribution in [1.82, 2.24) is 4.98 Å². The number of aromatic nitrogens is 1. The molecule has 0 spiro atoms. The second-order valence-corrected chi connectivity index (χ2v) is 6.32. The van der Waals surface area contributed by atoms with Crippen LogP contribution in [-0.2, 0) is 0 Å². The van der Waals surface area contributed by atoms with Crippen molar-refractivity contribution in [2.45, 2.75) is 6.92 Å². The predicted molar refractivity (Wildman–Crippen MR) is 98.1 cm³/mol. The molecule has 5 heteroatoms. The lowest BCUT2D eigenvalue weighted by Gasteiger charge is -2.05. The van der Waals surface area contributed by atoms with Crippen molar-refractivity contribution >= 4 is 33.1 Å². The van der Waals surface area contributed by atoms with Gasteiger partial charge in [0.15, 0.2) is 5.13 Å². The van der Waals surface area contributed by atoms with Crippen LogP contribution in [0.2, 0.25) is 0 Å². The Labute approximate surface area is 142 Å². The van der Waals surface area contributed by atoms with Crippen LogP contribution >= 0.6 is 11.3 Å². The Balaban J connectivity index is 1.71. The molecular weight excluding hydrogens is 320 g/mol. The van der Waals surface area contributed by atoms with E-state index in [0.29, 0.717) is 16.8 Å². The van der Waals surface area contributed by atoms with E-state index in [4.69, 9.17) is 4.42 Å². The second kappa shape index (κ2) is 5.94. The molecule has 2 heterocycles. The first-order chi connectivity index (χ1) is 11.7. The summed E-state index contributed by atoms with van der Waals surface area (Å²) in [5.41, 5.74) is 3.45. The SMILES string of the molecule is Cc1ccccc1Nc1nc(-c2cc3ccccc3oc2=O)cs1. The Morgan fingerprint density at radius 1 is 1.08 bits per heavy atom. The minimum Gasteiger partial charge on any atom is -0.422 e. The highest BCUT2D eigenvalue weighted by atomic mass is 32.1. The van der Waals surface area contributed by atoms with E-state index < -0.39 is 0 Å². The molecule has 0 atom stereocenters. The van der Waals surface area contributed by atoms with Crippen molar-refractivity contribution in [2.24, 2.45) is 0 Å². The average molecular weight is 334 g/mol. The van der Waals surface area contributed by atoms with Crippen LogP contribution in [0.3, 0.4) is 0 Å². The minimum absolute atomic E-state index is 0.374. The first kappa shape index (κ1) is 14.7. The molecular formula is C19H14N2O2S. The monoisotopic (exact) mass is 334 g/mol. The summed E-state index contributed by atoms with van der Waals surface area (Å²) in [5.74, 6) is 0. The molecule has 1 N–H and O–H groups in total. The van der Waals surface area contributed by atoms with E-state index in [2.05, 4.69) is 10.3 Å². The second-order valence-electron chi connectivity index (χ2n) is 5.46. The van der Waals surface area contributed by atoms with Gasteiger partial charge in [0.05, 0.1) is 11.3 Å². The normalized spacial score (nSPS) is 10.9. The third-order valence-electron chi connectivity index (χ3n) is 3.81. The first-order valence-electron chi connectivity index (χ1n) is 7.52. The summed E-state index contributed by atoms with van der Waals surface area (Å²) in [7, 11) is 0.